The number of hydrogen-bond acceptors (Lipinski definition) is 4. The summed E-state index contributed by atoms with van der Waals surface area (Å²) in [6.45, 7) is 0.363. The van der Waals surface area contributed by atoms with Gasteiger partial charge in [-0.2, -0.15) is 13.2 Å². The fourth-order valence-electron chi connectivity index (χ4n) is 1.53. The highest BCUT2D eigenvalue weighted by atomic mass is 32.1. The van der Waals surface area contributed by atoms with Crippen LogP contribution in [-0.4, -0.2) is 9.97 Å². The molecular formula is C12H10F3N3S2. The third-order valence-electron chi connectivity index (χ3n) is 2.46. The monoisotopic (exact) mass is 317 g/mol. The van der Waals surface area contributed by atoms with Gasteiger partial charge in [-0.3, -0.25) is 0 Å². The Bertz CT molecular complexity index is 609. The zero-order valence-electron chi connectivity index (χ0n) is 10.1. The normalized spacial score (nSPS) is 11.3. The first-order valence-corrected chi connectivity index (χ1v) is 6.81. The van der Waals surface area contributed by atoms with Gasteiger partial charge >= 0.3 is 6.18 Å². The molecule has 0 atom stereocenters. The van der Waals surface area contributed by atoms with Crippen LogP contribution in [0, 0.1) is 0 Å². The lowest BCUT2D eigenvalue weighted by atomic mass is 10.2. The molecule has 2 aromatic rings. The van der Waals surface area contributed by atoms with Crippen molar-refractivity contribution in [2.45, 2.75) is 12.7 Å². The Hall–Kier alpha value is -1.67. The standard InChI is InChI=1S/C12H10F3N3S2/c13-12(14,15)9-4-3-8(10(16)19)11(18-9)17-6-7-2-1-5-20-7/h1-5H,6H2,(H2,16,19)(H,17,18). The van der Waals surface area contributed by atoms with Gasteiger partial charge in [-0.25, -0.2) is 4.98 Å². The van der Waals surface area contributed by atoms with E-state index in [-0.39, 0.29) is 10.8 Å². The van der Waals surface area contributed by atoms with Gasteiger partial charge in [0.15, 0.2) is 0 Å². The van der Waals surface area contributed by atoms with E-state index in [9.17, 15) is 13.2 Å². The molecule has 8 heteroatoms. The molecule has 0 aliphatic rings. The van der Waals surface area contributed by atoms with Crippen LogP contribution in [0.1, 0.15) is 16.1 Å². The Balaban J connectivity index is 2.29. The summed E-state index contributed by atoms with van der Waals surface area (Å²) in [7, 11) is 0. The molecule has 2 aromatic heterocycles. The van der Waals surface area contributed by atoms with Gasteiger partial charge in [0.2, 0.25) is 0 Å². The molecule has 0 fully saturated rings. The van der Waals surface area contributed by atoms with Gasteiger partial charge in [0.05, 0.1) is 12.1 Å². The average molecular weight is 317 g/mol. The molecule has 0 aromatic carbocycles. The molecule has 3 N–H and O–H groups in total. The van der Waals surface area contributed by atoms with E-state index in [4.69, 9.17) is 18.0 Å². The molecular weight excluding hydrogens is 307 g/mol. The van der Waals surface area contributed by atoms with E-state index in [2.05, 4.69) is 10.3 Å². The number of nitrogens with two attached hydrogens (primary N) is 1. The number of aromatic nitrogens is 1. The summed E-state index contributed by atoms with van der Waals surface area (Å²) in [6, 6.07) is 5.82. The third kappa shape index (κ3) is 3.45. The molecule has 0 amide bonds. The molecule has 0 aliphatic carbocycles. The van der Waals surface area contributed by atoms with E-state index in [1.54, 1.807) is 0 Å². The highest BCUT2D eigenvalue weighted by molar-refractivity contribution is 7.80. The van der Waals surface area contributed by atoms with Gasteiger partial charge in [0.25, 0.3) is 0 Å². The first-order chi connectivity index (χ1) is 9.38. The van der Waals surface area contributed by atoms with Crippen molar-refractivity contribution < 1.29 is 13.2 Å². The Morgan fingerprint density at radius 2 is 2.10 bits per heavy atom. The predicted molar refractivity (Wildman–Crippen MR) is 76.8 cm³/mol. The number of hydrogen-bond donors (Lipinski definition) is 2. The minimum Gasteiger partial charge on any atom is -0.389 e. The van der Waals surface area contributed by atoms with Crippen molar-refractivity contribution in [3.63, 3.8) is 0 Å². The zero-order chi connectivity index (χ0) is 14.8. The van der Waals surface area contributed by atoms with Crippen LogP contribution < -0.4 is 11.1 Å². The van der Waals surface area contributed by atoms with Gasteiger partial charge < -0.3 is 11.1 Å². The van der Waals surface area contributed by atoms with Crippen molar-refractivity contribution in [2.75, 3.05) is 5.32 Å². The lowest BCUT2D eigenvalue weighted by molar-refractivity contribution is -0.141. The Morgan fingerprint density at radius 3 is 2.65 bits per heavy atom. The summed E-state index contributed by atoms with van der Waals surface area (Å²) in [6.07, 6.45) is -4.51. The Kier molecular flexibility index (Phi) is 4.24. The summed E-state index contributed by atoms with van der Waals surface area (Å²) in [4.78, 5) is 4.54. The third-order valence-corrected chi connectivity index (χ3v) is 3.56. The summed E-state index contributed by atoms with van der Waals surface area (Å²) in [5.41, 5.74) is 4.81. The molecule has 106 valence electrons. The minimum atomic E-state index is -4.51. The van der Waals surface area contributed by atoms with Crippen LogP contribution in [-0.2, 0) is 12.7 Å². The number of thiocarbonyl (C=S) groups is 1. The molecule has 2 rings (SSSR count). The molecule has 3 nitrogen and oxygen atoms in total. The van der Waals surface area contributed by atoms with Gasteiger partial charge in [-0.15, -0.1) is 11.3 Å². The number of nitrogens with zero attached hydrogens (tertiary/aromatic N) is 1. The van der Waals surface area contributed by atoms with Gasteiger partial charge in [-0.1, -0.05) is 18.3 Å². The highest BCUT2D eigenvalue weighted by Crippen LogP contribution is 2.29. The van der Waals surface area contributed by atoms with E-state index in [1.165, 1.54) is 17.4 Å². The van der Waals surface area contributed by atoms with E-state index in [0.29, 0.717) is 12.1 Å². The lowest BCUT2D eigenvalue weighted by Crippen LogP contribution is -2.17. The smallest absolute Gasteiger partial charge is 0.389 e. The van der Waals surface area contributed by atoms with Gasteiger partial charge in [-0.05, 0) is 23.6 Å². The van der Waals surface area contributed by atoms with E-state index in [0.717, 1.165) is 10.9 Å². The van der Waals surface area contributed by atoms with E-state index < -0.39 is 11.9 Å². The molecule has 0 bridgehead atoms. The van der Waals surface area contributed by atoms with Crippen molar-refractivity contribution in [3.05, 3.63) is 45.8 Å². The summed E-state index contributed by atoms with van der Waals surface area (Å²) in [5, 5.41) is 4.72. The first kappa shape index (κ1) is 14.7. The number of rotatable bonds is 4. The van der Waals surface area contributed by atoms with E-state index >= 15 is 0 Å². The summed E-state index contributed by atoms with van der Waals surface area (Å²) in [5.74, 6) is 0.0423. The second-order valence-corrected chi connectivity index (χ2v) is 5.36. The lowest BCUT2D eigenvalue weighted by Gasteiger charge is -2.13. The van der Waals surface area contributed by atoms with Crippen LogP contribution in [0.3, 0.4) is 0 Å². The molecule has 0 saturated heterocycles. The Labute approximate surface area is 122 Å². The topological polar surface area (TPSA) is 50.9 Å². The fraction of sp³-hybridized carbons (Fsp3) is 0.167. The number of nitrogens with one attached hydrogen (secondary N) is 1. The highest BCUT2D eigenvalue weighted by Gasteiger charge is 2.33. The minimum absolute atomic E-state index is 0.0000888. The van der Waals surface area contributed by atoms with Crippen LogP contribution in [0.15, 0.2) is 29.6 Å². The van der Waals surface area contributed by atoms with Gasteiger partial charge in [0.1, 0.15) is 16.5 Å². The maximum atomic E-state index is 12.7. The largest absolute Gasteiger partial charge is 0.433 e. The molecule has 0 spiro atoms. The van der Waals surface area contributed by atoms with Crippen molar-refractivity contribution in [1.29, 1.82) is 0 Å². The predicted octanol–water partition coefficient (Wildman–Crippen LogP) is 3.41. The van der Waals surface area contributed by atoms with Crippen molar-refractivity contribution >= 4 is 34.4 Å². The summed E-state index contributed by atoms with van der Waals surface area (Å²) < 4.78 is 38.0. The SMILES string of the molecule is NC(=S)c1ccc(C(F)(F)F)nc1NCc1cccs1. The van der Waals surface area contributed by atoms with Crippen LogP contribution >= 0.6 is 23.6 Å². The maximum Gasteiger partial charge on any atom is 0.433 e. The van der Waals surface area contributed by atoms with Crippen LogP contribution in [0.4, 0.5) is 19.0 Å². The van der Waals surface area contributed by atoms with Crippen molar-refractivity contribution in [1.82, 2.24) is 4.98 Å². The van der Waals surface area contributed by atoms with Crippen LogP contribution in [0.25, 0.3) is 0 Å². The number of pyridine rings is 1. The first-order valence-electron chi connectivity index (χ1n) is 5.52. The second kappa shape index (κ2) is 5.76. The van der Waals surface area contributed by atoms with Crippen LogP contribution in [0.5, 0.6) is 0 Å². The quantitative estimate of drug-likeness (QED) is 0.849. The molecule has 20 heavy (non-hydrogen) atoms. The molecule has 0 radical (unpaired) electrons. The number of anilines is 1. The number of alkyl halides is 3. The maximum absolute atomic E-state index is 12.7. The van der Waals surface area contributed by atoms with Crippen molar-refractivity contribution in [2.24, 2.45) is 5.73 Å². The summed E-state index contributed by atoms with van der Waals surface area (Å²) >= 11 is 6.31. The number of thiophene rings is 1. The molecule has 0 aliphatic heterocycles. The average Bonchev–Trinajstić information content (AvgIpc) is 2.87. The second-order valence-electron chi connectivity index (χ2n) is 3.89. The molecule has 0 unspecified atom stereocenters. The molecule has 2 heterocycles. The molecule has 0 saturated carbocycles. The number of halogens is 3. The fourth-order valence-corrected chi connectivity index (χ4v) is 2.34. The van der Waals surface area contributed by atoms with Gasteiger partial charge in [0, 0.05) is 4.88 Å². The zero-order valence-corrected chi connectivity index (χ0v) is 11.7. The Morgan fingerprint density at radius 1 is 1.35 bits per heavy atom. The van der Waals surface area contributed by atoms with Crippen LogP contribution in [0.2, 0.25) is 0 Å². The van der Waals surface area contributed by atoms with Crippen molar-refractivity contribution in [3.8, 4) is 0 Å². The van der Waals surface area contributed by atoms with E-state index in [1.807, 2.05) is 17.5 Å².